The van der Waals surface area contributed by atoms with Crippen molar-refractivity contribution >= 4 is 0 Å². The minimum Gasteiger partial charge on any atom is -0.311 e. The predicted molar refractivity (Wildman–Crippen MR) is 59.9 cm³/mol. The molecule has 0 fully saturated rings. The lowest BCUT2D eigenvalue weighted by Crippen LogP contribution is -2.27. The summed E-state index contributed by atoms with van der Waals surface area (Å²) in [7, 11) is 0. The third kappa shape index (κ3) is 4.66. The van der Waals surface area contributed by atoms with Gasteiger partial charge in [0, 0.05) is 19.6 Å². The standard InChI is InChI=1S/C12H16N2/c1-2-8-13-9-10-14-11-12-6-4-3-5-7-12/h1,3-7,13-14H,8-11H2. The van der Waals surface area contributed by atoms with Crippen LogP contribution in [0.25, 0.3) is 0 Å². The first kappa shape index (κ1) is 10.8. The van der Waals surface area contributed by atoms with Crippen molar-refractivity contribution in [2.45, 2.75) is 6.54 Å². The molecule has 0 heterocycles. The zero-order chi connectivity index (χ0) is 10.1. The van der Waals surface area contributed by atoms with Crippen molar-refractivity contribution in [2.75, 3.05) is 19.6 Å². The van der Waals surface area contributed by atoms with Crippen LogP contribution in [0.5, 0.6) is 0 Å². The average Bonchev–Trinajstić information content (AvgIpc) is 2.25. The van der Waals surface area contributed by atoms with Gasteiger partial charge in [0.15, 0.2) is 0 Å². The SMILES string of the molecule is C#CCNCCNCc1ccccc1. The Balaban J connectivity index is 2.03. The van der Waals surface area contributed by atoms with Crippen LogP contribution in [0.2, 0.25) is 0 Å². The molecule has 2 nitrogen and oxygen atoms in total. The van der Waals surface area contributed by atoms with Gasteiger partial charge in [0.25, 0.3) is 0 Å². The highest BCUT2D eigenvalue weighted by molar-refractivity contribution is 5.14. The van der Waals surface area contributed by atoms with Crippen LogP contribution in [0.4, 0.5) is 0 Å². The quantitative estimate of drug-likeness (QED) is 0.514. The summed E-state index contributed by atoms with van der Waals surface area (Å²) < 4.78 is 0. The van der Waals surface area contributed by atoms with Crippen molar-refractivity contribution in [3.63, 3.8) is 0 Å². The third-order valence-electron chi connectivity index (χ3n) is 1.88. The van der Waals surface area contributed by atoms with Crippen molar-refractivity contribution in [3.8, 4) is 12.3 Å². The number of terminal acetylenes is 1. The van der Waals surface area contributed by atoms with Gasteiger partial charge in [0.05, 0.1) is 6.54 Å². The zero-order valence-electron chi connectivity index (χ0n) is 8.29. The van der Waals surface area contributed by atoms with Gasteiger partial charge in [-0.3, -0.25) is 0 Å². The highest BCUT2D eigenvalue weighted by Crippen LogP contribution is 1.96. The topological polar surface area (TPSA) is 24.1 Å². The molecular weight excluding hydrogens is 172 g/mol. The molecule has 1 rings (SSSR count). The number of benzene rings is 1. The van der Waals surface area contributed by atoms with Crippen LogP contribution in [0.1, 0.15) is 5.56 Å². The maximum absolute atomic E-state index is 5.10. The molecule has 0 bridgehead atoms. The first-order valence-electron chi connectivity index (χ1n) is 4.82. The van der Waals surface area contributed by atoms with E-state index in [0.717, 1.165) is 19.6 Å². The van der Waals surface area contributed by atoms with Gasteiger partial charge in [0.2, 0.25) is 0 Å². The van der Waals surface area contributed by atoms with E-state index in [4.69, 9.17) is 6.42 Å². The molecule has 0 aliphatic carbocycles. The third-order valence-corrected chi connectivity index (χ3v) is 1.88. The molecule has 2 N–H and O–H groups in total. The maximum atomic E-state index is 5.10. The zero-order valence-corrected chi connectivity index (χ0v) is 8.29. The van der Waals surface area contributed by atoms with Crippen LogP contribution in [0, 0.1) is 12.3 Å². The van der Waals surface area contributed by atoms with Gasteiger partial charge in [0.1, 0.15) is 0 Å². The summed E-state index contributed by atoms with van der Waals surface area (Å²) in [5, 5.41) is 6.45. The van der Waals surface area contributed by atoms with Crippen LogP contribution in [-0.2, 0) is 6.54 Å². The Hall–Kier alpha value is -1.30. The van der Waals surface area contributed by atoms with E-state index in [1.54, 1.807) is 0 Å². The van der Waals surface area contributed by atoms with Gasteiger partial charge in [-0.2, -0.15) is 0 Å². The monoisotopic (exact) mass is 188 g/mol. The summed E-state index contributed by atoms with van der Waals surface area (Å²) in [6.45, 7) is 3.42. The second-order valence-electron chi connectivity index (χ2n) is 3.04. The normalized spacial score (nSPS) is 9.64. The largest absolute Gasteiger partial charge is 0.311 e. The molecule has 1 aromatic rings. The summed E-state index contributed by atoms with van der Waals surface area (Å²) in [5.74, 6) is 2.54. The molecule has 0 atom stereocenters. The van der Waals surface area contributed by atoms with Gasteiger partial charge >= 0.3 is 0 Å². The number of hydrogen-bond acceptors (Lipinski definition) is 2. The van der Waals surface area contributed by atoms with E-state index in [9.17, 15) is 0 Å². The van der Waals surface area contributed by atoms with Crippen molar-refractivity contribution in [1.82, 2.24) is 10.6 Å². The van der Waals surface area contributed by atoms with Crippen LogP contribution in [0.15, 0.2) is 30.3 Å². The van der Waals surface area contributed by atoms with Gasteiger partial charge in [-0.05, 0) is 5.56 Å². The summed E-state index contributed by atoms with van der Waals surface area (Å²) in [5.41, 5.74) is 1.31. The average molecular weight is 188 g/mol. The summed E-state index contributed by atoms with van der Waals surface area (Å²) in [6.07, 6.45) is 5.10. The van der Waals surface area contributed by atoms with E-state index in [-0.39, 0.29) is 0 Å². The Kier molecular flexibility index (Phi) is 5.49. The molecule has 0 amide bonds. The maximum Gasteiger partial charge on any atom is 0.0574 e. The Morgan fingerprint density at radius 3 is 2.50 bits per heavy atom. The van der Waals surface area contributed by atoms with Crippen molar-refractivity contribution < 1.29 is 0 Å². The fourth-order valence-corrected chi connectivity index (χ4v) is 1.17. The minimum absolute atomic E-state index is 0.646. The van der Waals surface area contributed by atoms with Crippen molar-refractivity contribution in [3.05, 3.63) is 35.9 Å². The lowest BCUT2D eigenvalue weighted by atomic mass is 10.2. The van der Waals surface area contributed by atoms with E-state index >= 15 is 0 Å². The minimum atomic E-state index is 0.646. The van der Waals surface area contributed by atoms with E-state index in [1.807, 2.05) is 18.2 Å². The fourth-order valence-electron chi connectivity index (χ4n) is 1.17. The molecule has 0 unspecified atom stereocenters. The Labute approximate surface area is 85.7 Å². The number of nitrogens with one attached hydrogen (secondary N) is 2. The van der Waals surface area contributed by atoms with Crippen LogP contribution >= 0.6 is 0 Å². The van der Waals surface area contributed by atoms with Crippen molar-refractivity contribution in [2.24, 2.45) is 0 Å². The van der Waals surface area contributed by atoms with Gasteiger partial charge in [-0.15, -0.1) is 6.42 Å². The molecule has 14 heavy (non-hydrogen) atoms. The molecule has 74 valence electrons. The lowest BCUT2D eigenvalue weighted by Gasteiger charge is -2.04. The van der Waals surface area contributed by atoms with Crippen LogP contribution in [0.3, 0.4) is 0 Å². The first-order valence-corrected chi connectivity index (χ1v) is 4.82. The smallest absolute Gasteiger partial charge is 0.0574 e. The predicted octanol–water partition coefficient (Wildman–Crippen LogP) is 0.999. The highest BCUT2D eigenvalue weighted by Gasteiger charge is 1.89. The van der Waals surface area contributed by atoms with E-state index in [0.29, 0.717) is 6.54 Å². The Morgan fingerprint density at radius 1 is 1.07 bits per heavy atom. The molecule has 0 aliphatic heterocycles. The van der Waals surface area contributed by atoms with E-state index < -0.39 is 0 Å². The molecule has 0 radical (unpaired) electrons. The summed E-state index contributed by atoms with van der Waals surface area (Å²) in [4.78, 5) is 0. The molecule has 1 aromatic carbocycles. The molecule has 0 spiro atoms. The number of hydrogen-bond donors (Lipinski definition) is 2. The van der Waals surface area contributed by atoms with E-state index in [2.05, 4.69) is 28.7 Å². The molecule has 0 saturated heterocycles. The summed E-state index contributed by atoms with van der Waals surface area (Å²) in [6, 6.07) is 10.4. The van der Waals surface area contributed by atoms with Gasteiger partial charge in [-0.25, -0.2) is 0 Å². The molecule has 0 aliphatic rings. The molecule has 0 aromatic heterocycles. The molecule has 2 heteroatoms. The second-order valence-corrected chi connectivity index (χ2v) is 3.04. The van der Waals surface area contributed by atoms with E-state index in [1.165, 1.54) is 5.56 Å². The lowest BCUT2D eigenvalue weighted by molar-refractivity contribution is 0.638. The fraction of sp³-hybridized carbons (Fsp3) is 0.333. The summed E-state index contributed by atoms with van der Waals surface area (Å²) >= 11 is 0. The van der Waals surface area contributed by atoms with Crippen molar-refractivity contribution in [1.29, 1.82) is 0 Å². The molecule has 0 saturated carbocycles. The first-order chi connectivity index (χ1) is 6.93. The van der Waals surface area contributed by atoms with Gasteiger partial charge < -0.3 is 10.6 Å². The Bertz CT molecular complexity index is 274. The second kappa shape index (κ2) is 7.14. The number of rotatable bonds is 6. The van der Waals surface area contributed by atoms with Crippen LogP contribution in [-0.4, -0.2) is 19.6 Å². The Morgan fingerprint density at radius 2 is 1.79 bits per heavy atom. The van der Waals surface area contributed by atoms with Crippen LogP contribution < -0.4 is 10.6 Å². The highest BCUT2D eigenvalue weighted by atomic mass is 14.9. The van der Waals surface area contributed by atoms with Gasteiger partial charge in [-0.1, -0.05) is 36.3 Å². The molecular formula is C12H16N2.